The van der Waals surface area contributed by atoms with Gasteiger partial charge < -0.3 is 4.74 Å². The molecule has 0 atom stereocenters. The molecule has 0 N–H and O–H groups in total. The SMILES string of the molecule is Clc1cc(SC2CCOCC2)nc(C2CC2)n1. The number of hydrogen-bond donors (Lipinski definition) is 0. The first kappa shape index (κ1) is 11.8. The lowest BCUT2D eigenvalue weighted by Crippen LogP contribution is -2.17. The number of hydrogen-bond acceptors (Lipinski definition) is 4. The summed E-state index contributed by atoms with van der Waals surface area (Å²) in [5.74, 6) is 1.50. The van der Waals surface area contributed by atoms with E-state index >= 15 is 0 Å². The summed E-state index contributed by atoms with van der Waals surface area (Å²) in [6.45, 7) is 1.73. The molecule has 2 heterocycles. The summed E-state index contributed by atoms with van der Waals surface area (Å²) in [7, 11) is 0. The van der Waals surface area contributed by atoms with Crippen LogP contribution in [0, 0.1) is 0 Å². The largest absolute Gasteiger partial charge is 0.381 e. The van der Waals surface area contributed by atoms with Crippen LogP contribution in [-0.4, -0.2) is 28.4 Å². The van der Waals surface area contributed by atoms with Gasteiger partial charge in [-0.2, -0.15) is 0 Å². The van der Waals surface area contributed by atoms with Crippen molar-refractivity contribution in [1.29, 1.82) is 0 Å². The van der Waals surface area contributed by atoms with E-state index in [1.54, 1.807) is 0 Å². The molecule has 0 radical (unpaired) electrons. The zero-order valence-electron chi connectivity index (χ0n) is 9.56. The van der Waals surface area contributed by atoms with Crippen LogP contribution in [0.2, 0.25) is 5.15 Å². The maximum absolute atomic E-state index is 6.05. The molecule has 1 aromatic rings. The van der Waals surface area contributed by atoms with Crippen LogP contribution < -0.4 is 0 Å². The highest BCUT2D eigenvalue weighted by molar-refractivity contribution is 7.99. The Hall–Kier alpha value is -0.320. The molecule has 1 saturated heterocycles. The molecular formula is C12H15ClN2OS. The minimum absolute atomic E-state index is 0.558. The van der Waals surface area contributed by atoms with Crippen LogP contribution in [0.1, 0.15) is 37.4 Å². The summed E-state index contributed by atoms with van der Waals surface area (Å²) < 4.78 is 5.36. The van der Waals surface area contributed by atoms with Crippen molar-refractivity contribution < 1.29 is 4.74 Å². The Balaban J connectivity index is 1.72. The van der Waals surface area contributed by atoms with Gasteiger partial charge in [-0.05, 0) is 25.7 Å². The molecule has 1 saturated carbocycles. The molecule has 0 bridgehead atoms. The molecule has 0 unspecified atom stereocenters. The van der Waals surface area contributed by atoms with E-state index < -0.39 is 0 Å². The quantitative estimate of drug-likeness (QED) is 0.790. The standard InChI is InChI=1S/C12H15ClN2OS/c13-10-7-11(15-12(14-10)8-1-2-8)17-9-3-5-16-6-4-9/h7-9H,1-6H2. The van der Waals surface area contributed by atoms with E-state index in [9.17, 15) is 0 Å². The molecule has 17 heavy (non-hydrogen) atoms. The maximum atomic E-state index is 6.05. The summed E-state index contributed by atoms with van der Waals surface area (Å²) in [5.41, 5.74) is 0. The van der Waals surface area contributed by atoms with Crippen LogP contribution in [0.4, 0.5) is 0 Å². The summed E-state index contributed by atoms with van der Waals surface area (Å²) in [6, 6.07) is 1.88. The van der Waals surface area contributed by atoms with Crippen molar-refractivity contribution in [2.24, 2.45) is 0 Å². The van der Waals surface area contributed by atoms with Gasteiger partial charge in [0.05, 0.1) is 0 Å². The zero-order chi connectivity index (χ0) is 11.7. The molecular weight excluding hydrogens is 256 g/mol. The molecule has 2 aliphatic rings. The van der Waals surface area contributed by atoms with Gasteiger partial charge in [0.15, 0.2) is 0 Å². The van der Waals surface area contributed by atoms with Gasteiger partial charge in [-0.3, -0.25) is 0 Å². The van der Waals surface area contributed by atoms with E-state index in [1.165, 1.54) is 12.8 Å². The van der Waals surface area contributed by atoms with E-state index in [-0.39, 0.29) is 0 Å². The van der Waals surface area contributed by atoms with E-state index in [4.69, 9.17) is 16.3 Å². The highest BCUT2D eigenvalue weighted by Gasteiger charge is 2.27. The second kappa shape index (κ2) is 5.12. The number of ether oxygens (including phenoxy) is 1. The van der Waals surface area contributed by atoms with Crippen molar-refractivity contribution in [2.45, 2.75) is 41.9 Å². The molecule has 0 spiro atoms. The fourth-order valence-corrected chi connectivity index (χ4v) is 3.31. The first-order valence-corrected chi connectivity index (χ1v) is 7.36. The van der Waals surface area contributed by atoms with Crippen LogP contribution in [0.5, 0.6) is 0 Å². The average Bonchev–Trinajstić information content (AvgIpc) is 3.13. The Morgan fingerprint density at radius 1 is 1.18 bits per heavy atom. The number of thioether (sulfide) groups is 1. The highest BCUT2D eigenvalue weighted by Crippen LogP contribution is 2.39. The van der Waals surface area contributed by atoms with Gasteiger partial charge >= 0.3 is 0 Å². The van der Waals surface area contributed by atoms with Gasteiger partial charge in [0, 0.05) is 30.4 Å². The topological polar surface area (TPSA) is 35.0 Å². The Kier molecular flexibility index (Phi) is 3.54. The van der Waals surface area contributed by atoms with Crippen molar-refractivity contribution in [3.8, 4) is 0 Å². The van der Waals surface area contributed by atoms with Crippen LogP contribution in [0.25, 0.3) is 0 Å². The van der Waals surface area contributed by atoms with Crippen molar-refractivity contribution in [3.05, 3.63) is 17.0 Å². The van der Waals surface area contributed by atoms with E-state index in [2.05, 4.69) is 9.97 Å². The fraction of sp³-hybridized carbons (Fsp3) is 0.667. The molecule has 2 fully saturated rings. The molecule has 1 aromatic heterocycles. The van der Waals surface area contributed by atoms with Crippen LogP contribution in [0.15, 0.2) is 11.1 Å². The second-order valence-corrected chi connectivity index (χ2v) is 6.30. The minimum Gasteiger partial charge on any atom is -0.381 e. The number of aromatic nitrogens is 2. The second-order valence-electron chi connectivity index (χ2n) is 4.59. The lowest BCUT2D eigenvalue weighted by Gasteiger charge is -2.21. The number of nitrogens with zero attached hydrogens (tertiary/aromatic N) is 2. The lowest BCUT2D eigenvalue weighted by atomic mass is 10.2. The van der Waals surface area contributed by atoms with Gasteiger partial charge in [-0.15, -0.1) is 11.8 Å². The minimum atomic E-state index is 0.558. The third kappa shape index (κ3) is 3.12. The number of halogens is 1. The van der Waals surface area contributed by atoms with E-state index in [0.29, 0.717) is 16.3 Å². The van der Waals surface area contributed by atoms with Gasteiger partial charge in [0.1, 0.15) is 16.0 Å². The molecule has 3 nitrogen and oxygen atoms in total. The summed E-state index contributed by atoms with van der Waals surface area (Å²) >= 11 is 7.87. The highest BCUT2D eigenvalue weighted by atomic mass is 35.5. The third-order valence-electron chi connectivity index (χ3n) is 3.09. The fourth-order valence-electron chi connectivity index (χ4n) is 1.96. The Morgan fingerprint density at radius 2 is 1.94 bits per heavy atom. The summed E-state index contributed by atoms with van der Waals surface area (Å²) in [5, 5.41) is 2.22. The maximum Gasteiger partial charge on any atom is 0.134 e. The van der Waals surface area contributed by atoms with Gasteiger partial charge in [0.25, 0.3) is 0 Å². The monoisotopic (exact) mass is 270 g/mol. The van der Waals surface area contributed by atoms with Gasteiger partial charge in [-0.25, -0.2) is 9.97 Å². The van der Waals surface area contributed by atoms with Crippen LogP contribution in [0.3, 0.4) is 0 Å². The Labute approximate surface area is 110 Å². The van der Waals surface area contributed by atoms with Crippen molar-refractivity contribution >= 4 is 23.4 Å². The predicted molar refractivity (Wildman–Crippen MR) is 68.7 cm³/mol. The first-order chi connectivity index (χ1) is 8.31. The number of rotatable bonds is 3. The van der Waals surface area contributed by atoms with Crippen LogP contribution >= 0.6 is 23.4 Å². The molecule has 5 heteroatoms. The normalized spacial score (nSPS) is 21.7. The summed E-state index contributed by atoms with van der Waals surface area (Å²) in [4.78, 5) is 8.92. The predicted octanol–water partition coefficient (Wildman–Crippen LogP) is 3.28. The third-order valence-corrected chi connectivity index (χ3v) is 4.54. The Bertz CT molecular complexity index is 405. The van der Waals surface area contributed by atoms with E-state index in [1.807, 2.05) is 17.8 Å². The smallest absolute Gasteiger partial charge is 0.134 e. The first-order valence-electron chi connectivity index (χ1n) is 6.10. The van der Waals surface area contributed by atoms with E-state index in [0.717, 1.165) is 36.9 Å². The lowest BCUT2D eigenvalue weighted by molar-refractivity contribution is 0.1000. The average molecular weight is 271 g/mol. The van der Waals surface area contributed by atoms with Crippen molar-refractivity contribution in [3.63, 3.8) is 0 Å². The molecule has 0 amide bonds. The molecule has 0 aromatic carbocycles. The zero-order valence-corrected chi connectivity index (χ0v) is 11.1. The molecule has 1 aliphatic carbocycles. The molecule has 1 aliphatic heterocycles. The Morgan fingerprint density at radius 3 is 2.65 bits per heavy atom. The molecule has 92 valence electrons. The van der Waals surface area contributed by atoms with Gasteiger partial charge in [0.2, 0.25) is 0 Å². The van der Waals surface area contributed by atoms with Crippen molar-refractivity contribution in [2.75, 3.05) is 13.2 Å². The summed E-state index contributed by atoms with van der Waals surface area (Å²) in [6.07, 6.45) is 4.62. The van der Waals surface area contributed by atoms with Crippen molar-refractivity contribution in [1.82, 2.24) is 9.97 Å². The molecule has 3 rings (SSSR count). The van der Waals surface area contributed by atoms with Crippen LogP contribution in [-0.2, 0) is 4.74 Å². The van der Waals surface area contributed by atoms with Gasteiger partial charge in [-0.1, -0.05) is 11.6 Å².